The molecule has 1 unspecified atom stereocenters. The van der Waals surface area contributed by atoms with E-state index in [1.807, 2.05) is 0 Å². The molecule has 0 bridgehead atoms. The molecule has 1 N–H and O–H groups in total. The van der Waals surface area contributed by atoms with Gasteiger partial charge in [0.2, 0.25) is 0 Å². The molecule has 118 valence electrons. The van der Waals surface area contributed by atoms with Gasteiger partial charge < -0.3 is 9.72 Å². The Morgan fingerprint density at radius 3 is 2.73 bits per heavy atom. The van der Waals surface area contributed by atoms with Gasteiger partial charge in [-0.25, -0.2) is 4.79 Å². The normalized spacial score (nSPS) is 19.2. The SMILES string of the molecule is COc1ccc2c(=O)n(C3CCN(C(C)C)C3)c(=O)[nH]c2c1. The third-order valence-electron chi connectivity index (χ3n) is 4.43. The number of aromatic nitrogens is 2. The summed E-state index contributed by atoms with van der Waals surface area (Å²) in [6.07, 6.45) is 0.822. The molecule has 1 aliphatic heterocycles. The molecule has 2 aromatic rings. The number of hydrogen-bond donors (Lipinski definition) is 1. The summed E-state index contributed by atoms with van der Waals surface area (Å²) in [6.45, 7) is 5.90. The van der Waals surface area contributed by atoms with Crippen molar-refractivity contribution in [3.8, 4) is 5.75 Å². The van der Waals surface area contributed by atoms with Crippen LogP contribution in [0.15, 0.2) is 27.8 Å². The van der Waals surface area contributed by atoms with Crippen LogP contribution in [0.1, 0.15) is 26.3 Å². The van der Waals surface area contributed by atoms with Crippen LogP contribution >= 0.6 is 0 Å². The van der Waals surface area contributed by atoms with Crippen LogP contribution in [0.2, 0.25) is 0 Å². The number of methoxy groups -OCH3 is 1. The molecule has 0 radical (unpaired) electrons. The summed E-state index contributed by atoms with van der Waals surface area (Å²) in [7, 11) is 1.56. The standard InChI is InChI=1S/C16H21N3O3/c1-10(2)18-7-6-11(9-18)19-15(20)13-5-4-12(22-3)8-14(13)17-16(19)21/h4-5,8,10-11H,6-7,9H2,1-3H3,(H,17,21). The maximum atomic E-state index is 12.7. The minimum absolute atomic E-state index is 0.0647. The highest BCUT2D eigenvalue weighted by Crippen LogP contribution is 2.22. The number of nitrogens with one attached hydrogen (secondary N) is 1. The summed E-state index contributed by atoms with van der Waals surface area (Å²) in [5.41, 5.74) is -0.0531. The van der Waals surface area contributed by atoms with Crippen LogP contribution in [0, 0.1) is 0 Å². The minimum atomic E-state index is -0.346. The van der Waals surface area contributed by atoms with Gasteiger partial charge in [0.05, 0.1) is 24.1 Å². The zero-order valence-corrected chi connectivity index (χ0v) is 13.1. The molecule has 1 aromatic carbocycles. The van der Waals surface area contributed by atoms with Crippen LogP contribution in [0.5, 0.6) is 5.75 Å². The Labute approximate surface area is 128 Å². The fraction of sp³-hybridized carbons (Fsp3) is 0.500. The molecule has 1 aromatic heterocycles. The van der Waals surface area contributed by atoms with Crippen molar-refractivity contribution in [3.63, 3.8) is 0 Å². The van der Waals surface area contributed by atoms with Gasteiger partial charge in [0.1, 0.15) is 5.75 Å². The topological polar surface area (TPSA) is 67.3 Å². The van der Waals surface area contributed by atoms with E-state index in [9.17, 15) is 9.59 Å². The second-order valence-corrected chi connectivity index (χ2v) is 6.05. The number of hydrogen-bond acceptors (Lipinski definition) is 4. The first-order valence-electron chi connectivity index (χ1n) is 7.58. The Balaban J connectivity index is 2.08. The van der Waals surface area contributed by atoms with Crippen LogP contribution in [-0.2, 0) is 0 Å². The number of fused-ring (bicyclic) bond motifs is 1. The second kappa shape index (κ2) is 5.61. The highest BCUT2D eigenvalue weighted by molar-refractivity contribution is 5.78. The number of ether oxygens (including phenoxy) is 1. The summed E-state index contributed by atoms with van der Waals surface area (Å²) in [5.74, 6) is 0.618. The van der Waals surface area contributed by atoms with Crippen LogP contribution in [0.4, 0.5) is 0 Å². The second-order valence-electron chi connectivity index (χ2n) is 6.05. The quantitative estimate of drug-likeness (QED) is 0.929. The van der Waals surface area contributed by atoms with Gasteiger partial charge in [-0.2, -0.15) is 0 Å². The number of nitrogens with zero attached hydrogens (tertiary/aromatic N) is 2. The Morgan fingerprint density at radius 2 is 2.09 bits per heavy atom. The van der Waals surface area contributed by atoms with Crippen LogP contribution in [0.25, 0.3) is 10.9 Å². The minimum Gasteiger partial charge on any atom is -0.497 e. The summed E-state index contributed by atoms with van der Waals surface area (Å²) in [5, 5.41) is 0.517. The van der Waals surface area contributed by atoms with E-state index in [1.165, 1.54) is 4.57 Å². The average molecular weight is 303 g/mol. The maximum Gasteiger partial charge on any atom is 0.329 e. The molecule has 22 heavy (non-hydrogen) atoms. The van der Waals surface area contributed by atoms with Crippen molar-refractivity contribution in [1.29, 1.82) is 0 Å². The number of H-pyrrole nitrogens is 1. The van der Waals surface area contributed by atoms with Gasteiger partial charge in [-0.1, -0.05) is 0 Å². The van der Waals surface area contributed by atoms with Crippen molar-refractivity contribution in [3.05, 3.63) is 39.0 Å². The molecule has 1 atom stereocenters. The molecule has 3 rings (SSSR count). The molecule has 0 aliphatic carbocycles. The number of rotatable bonds is 3. The van der Waals surface area contributed by atoms with Crippen LogP contribution < -0.4 is 16.0 Å². The molecule has 1 fully saturated rings. The number of likely N-dealkylation sites (tertiary alicyclic amines) is 1. The molecular weight excluding hydrogens is 282 g/mol. The Kier molecular flexibility index (Phi) is 3.78. The van der Waals surface area contributed by atoms with Crippen molar-refractivity contribution in [2.45, 2.75) is 32.4 Å². The van der Waals surface area contributed by atoms with E-state index in [-0.39, 0.29) is 17.3 Å². The van der Waals surface area contributed by atoms with E-state index in [0.29, 0.717) is 22.7 Å². The van der Waals surface area contributed by atoms with E-state index in [1.54, 1.807) is 25.3 Å². The third kappa shape index (κ3) is 2.43. The van der Waals surface area contributed by atoms with Gasteiger partial charge in [-0.15, -0.1) is 0 Å². The first-order chi connectivity index (χ1) is 10.5. The van der Waals surface area contributed by atoms with Gasteiger partial charge in [0, 0.05) is 25.2 Å². The molecule has 2 heterocycles. The van der Waals surface area contributed by atoms with E-state index >= 15 is 0 Å². The first-order valence-corrected chi connectivity index (χ1v) is 7.58. The predicted molar refractivity (Wildman–Crippen MR) is 85.7 cm³/mol. The van der Waals surface area contributed by atoms with E-state index in [0.717, 1.165) is 19.5 Å². The lowest BCUT2D eigenvalue weighted by Crippen LogP contribution is -2.39. The number of aromatic amines is 1. The van der Waals surface area contributed by atoms with E-state index in [4.69, 9.17) is 4.74 Å². The Bertz CT molecular complexity index is 806. The van der Waals surface area contributed by atoms with Crippen molar-refractivity contribution >= 4 is 10.9 Å². The van der Waals surface area contributed by atoms with Gasteiger partial charge in [-0.05, 0) is 32.4 Å². The lowest BCUT2D eigenvalue weighted by molar-refractivity contribution is 0.263. The summed E-state index contributed by atoms with van der Waals surface area (Å²) < 4.78 is 6.51. The first kappa shape index (κ1) is 14.8. The average Bonchev–Trinajstić information content (AvgIpc) is 2.96. The molecule has 1 aliphatic rings. The smallest absolute Gasteiger partial charge is 0.329 e. The van der Waals surface area contributed by atoms with Gasteiger partial charge in [-0.3, -0.25) is 14.3 Å². The van der Waals surface area contributed by atoms with E-state index < -0.39 is 0 Å². The third-order valence-corrected chi connectivity index (χ3v) is 4.43. The fourth-order valence-electron chi connectivity index (χ4n) is 3.12. The number of benzene rings is 1. The van der Waals surface area contributed by atoms with Crippen molar-refractivity contribution in [2.75, 3.05) is 20.2 Å². The van der Waals surface area contributed by atoms with Crippen molar-refractivity contribution in [2.24, 2.45) is 0 Å². The van der Waals surface area contributed by atoms with Gasteiger partial charge in [0.25, 0.3) is 5.56 Å². The van der Waals surface area contributed by atoms with Crippen molar-refractivity contribution in [1.82, 2.24) is 14.5 Å². The van der Waals surface area contributed by atoms with Crippen molar-refractivity contribution < 1.29 is 4.74 Å². The lowest BCUT2D eigenvalue weighted by Gasteiger charge is -2.20. The molecule has 6 nitrogen and oxygen atoms in total. The molecule has 0 spiro atoms. The summed E-state index contributed by atoms with van der Waals surface area (Å²) in [6, 6.07) is 5.48. The monoisotopic (exact) mass is 303 g/mol. The molecule has 0 saturated carbocycles. The highest BCUT2D eigenvalue weighted by atomic mass is 16.5. The molecular formula is C16H21N3O3. The van der Waals surface area contributed by atoms with Crippen LogP contribution in [0.3, 0.4) is 0 Å². The fourth-order valence-corrected chi connectivity index (χ4v) is 3.12. The molecule has 6 heteroatoms. The zero-order valence-electron chi connectivity index (χ0n) is 13.1. The highest BCUT2D eigenvalue weighted by Gasteiger charge is 2.28. The predicted octanol–water partition coefficient (Wildman–Crippen LogP) is 1.35. The summed E-state index contributed by atoms with van der Waals surface area (Å²) in [4.78, 5) is 30.2. The zero-order chi connectivity index (χ0) is 15.9. The summed E-state index contributed by atoms with van der Waals surface area (Å²) >= 11 is 0. The Morgan fingerprint density at radius 1 is 1.32 bits per heavy atom. The van der Waals surface area contributed by atoms with Gasteiger partial charge >= 0.3 is 5.69 Å². The van der Waals surface area contributed by atoms with Gasteiger partial charge in [0.15, 0.2) is 0 Å². The largest absolute Gasteiger partial charge is 0.497 e. The Hall–Kier alpha value is -2.08. The molecule has 0 amide bonds. The van der Waals surface area contributed by atoms with E-state index in [2.05, 4.69) is 23.7 Å². The maximum absolute atomic E-state index is 12.7. The molecule has 1 saturated heterocycles. The lowest BCUT2D eigenvalue weighted by atomic mass is 10.2. The van der Waals surface area contributed by atoms with Crippen LogP contribution in [-0.4, -0.2) is 40.7 Å².